The maximum absolute atomic E-state index is 14.6. The Labute approximate surface area is 336 Å². The van der Waals surface area contributed by atoms with Gasteiger partial charge in [0.15, 0.2) is 0 Å². The van der Waals surface area contributed by atoms with E-state index < -0.39 is 17.7 Å². The molecular weight excluding hydrogens is 724 g/mol. The number of amides is 1. The number of nitrogens with zero attached hydrogens (tertiary/aromatic N) is 2. The van der Waals surface area contributed by atoms with Crippen LogP contribution in [0.25, 0.3) is 0 Å². The van der Waals surface area contributed by atoms with Gasteiger partial charge in [0.2, 0.25) is 11.7 Å². The number of oxime groups is 1. The lowest BCUT2D eigenvalue weighted by Crippen LogP contribution is -2.70. The SMILES string of the molecule is C=CCOC12Oc3ccc(Oc4ccc(C)c(C)c4)cc3C3C(CCCCO)C(CCCCO)C=C(C(=NOC)CC1N(Cc1ccc(F)cc1)C(=O)C1CC1)C32. The zero-order chi connectivity index (χ0) is 40.1. The van der Waals surface area contributed by atoms with Crippen molar-refractivity contribution in [2.45, 2.75) is 95.9 Å². The number of allylic oxidation sites excluding steroid dienone is 1. The number of hydrogen-bond donors (Lipinski definition) is 2. The number of ether oxygens (including phenoxy) is 3. The van der Waals surface area contributed by atoms with E-state index in [0.29, 0.717) is 30.8 Å². The van der Waals surface area contributed by atoms with Crippen LogP contribution in [0.15, 0.2) is 90.1 Å². The van der Waals surface area contributed by atoms with E-state index in [1.54, 1.807) is 25.3 Å². The Balaban J connectivity index is 1.43. The molecule has 0 spiro atoms. The van der Waals surface area contributed by atoms with Crippen LogP contribution in [0.5, 0.6) is 17.2 Å². The van der Waals surface area contributed by atoms with E-state index in [2.05, 4.69) is 43.8 Å². The number of hydrogen-bond acceptors (Lipinski definition) is 8. The molecule has 7 rings (SSSR count). The molecule has 1 aliphatic heterocycles. The fourth-order valence-corrected chi connectivity index (χ4v) is 9.43. The second kappa shape index (κ2) is 18.0. The van der Waals surface area contributed by atoms with Crippen LogP contribution >= 0.6 is 0 Å². The molecule has 0 radical (unpaired) electrons. The number of carbonyl (C=O) groups is 1. The molecule has 9 nitrogen and oxygen atoms in total. The quantitative estimate of drug-likeness (QED) is 0.0754. The maximum atomic E-state index is 14.6. The van der Waals surface area contributed by atoms with Crippen molar-refractivity contribution in [2.24, 2.45) is 28.8 Å². The molecule has 0 aromatic heterocycles. The fourth-order valence-electron chi connectivity index (χ4n) is 9.43. The van der Waals surface area contributed by atoms with Crippen LogP contribution in [0.2, 0.25) is 0 Å². The first-order valence-electron chi connectivity index (χ1n) is 20.6. The van der Waals surface area contributed by atoms with Gasteiger partial charge in [0.25, 0.3) is 0 Å². The van der Waals surface area contributed by atoms with Crippen molar-refractivity contribution in [3.8, 4) is 17.2 Å². The Hall–Kier alpha value is -4.51. The minimum absolute atomic E-state index is 0.00960. The van der Waals surface area contributed by atoms with Crippen LogP contribution in [0.1, 0.15) is 86.0 Å². The Kier molecular flexibility index (Phi) is 12.8. The molecule has 2 fully saturated rings. The first kappa shape index (κ1) is 40.7. The Morgan fingerprint density at radius 1 is 0.982 bits per heavy atom. The van der Waals surface area contributed by atoms with Crippen LogP contribution < -0.4 is 9.47 Å². The average Bonchev–Trinajstić information content (AvgIpc) is 4.06. The molecule has 57 heavy (non-hydrogen) atoms. The summed E-state index contributed by atoms with van der Waals surface area (Å²) in [6, 6.07) is 17.7. The summed E-state index contributed by atoms with van der Waals surface area (Å²) in [6.45, 7) is 8.80. The number of halogens is 1. The van der Waals surface area contributed by atoms with Gasteiger partial charge in [-0.2, -0.15) is 0 Å². The molecule has 3 aliphatic carbocycles. The fraction of sp³-hybridized carbons (Fsp3) is 0.489. The smallest absolute Gasteiger partial charge is 0.239 e. The van der Waals surface area contributed by atoms with Gasteiger partial charge in [0.1, 0.15) is 36.2 Å². The molecule has 6 atom stereocenters. The predicted octanol–water partition coefficient (Wildman–Crippen LogP) is 8.94. The number of unbranched alkanes of at least 4 members (excludes halogenated alkanes) is 2. The number of aryl methyl sites for hydroxylation is 2. The summed E-state index contributed by atoms with van der Waals surface area (Å²) >= 11 is 0. The minimum Gasteiger partial charge on any atom is -0.459 e. The molecule has 1 heterocycles. The standard InChI is InChI=1S/C47H57FN2O7/c1-5-24-55-47-43(50(46(53)33-15-16-33)29-32-13-17-35(48)18-14-32)28-41(49-54-4)39-26-34(10-6-8-22-51)38(11-7-9-23-52)44(45(39)47)40-27-37(20-21-42(40)57-47)56-36-19-12-30(2)31(3)25-36/h5,12-14,17-21,25-27,33-34,38,43-45,51-52H,1,6-11,15-16,22-24,28-29H2,2-4H3. The summed E-state index contributed by atoms with van der Waals surface area (Å²) in [6.07, 6.45) is 10.7. The number of carbonyl (C=O) groups excluding carboxylic acids is 1. The predicted molar refractivity (Wildman–Crippen MR) is 218 cm³/mol. The van der Waals surface area contributed by atoms with Gasteiger partial charge in [-0.1, -0.05) is 48.3 Å². The maximum Gasteiger partial charge on any atom is 0.239 e. The van der Waals surface area contributed by atoms with E-state index in [1.165, 1.54) is 17.7 Å². The molecule has 0 bridgehead atoms. The lowest BCUT2D eigenvalue weighted by atomic mass is 9.55. The lowest BCUT2D eigenvalue weighted by Gasteiger charge is -2.60. The lowest BCUT2D eigenvalue weighted by molar-refractivity contribution is -0.258. The van der Waals surface area contributed by atoms with Crippen molar-refractivity contribution in [3.05, 3.63) is 113 Å². The van der Waals surface area contributed by atoms with Crippen LogP contribution in [0.4, 0.5) is 4.39 Å². The molecular formula is C47H57FN2O7. The largest absolute Gasteiger partial charge is 0.459 e. The highest BCUT2D eigenvalue weighted by Gasteiger charge is 2.66. The van der Waals surface area contributed by atoms with Crippen LogP contribution in [-0.4, -0.2) is 65.5 Å². The summed E-state index contributed by atoms with van der Waals surface area (Å²) in [5.41, 5.74) is 5.82. The first-order chi connectivity index (χ1) is 27.7. The molecule has 3 aromatic carbocycles. The molecule has 10 heteroatoms. The minimum atomic E-state index is -1.36. The van der Waals surface area contributed by atoms with E-state index in [-0.39, 0.29) is 61.8 Å². The molecule has 2 saturated carbocycles. The molecule has 4 aliphatic rings. The number of benzene rings is 3. The van der Waals surface area contributed by atoms with Crippen molar-refractivity contribution in [1.29, 1.82) is 0 Å². The zero-order valence-electron chi connectivity index (χ0n) is 33.5. The van der Waals surface area contributed by atoms with Crippen LogP contribution in [0, 0.1) is 43.3 Å². The van der Waals surface area contributed by atoms with Crippen LogP contribution in [0.3, 0.4) is 0 Å². The summed E-state index contributed by atoms with van der Waals surface area (Å²) in [7, 11) is 1.55. The van der Waals surface area contributed by atoms with Gasteiger partial charge in [-0.25, -0.2) is 4.39 Å². The van der Waals surface area contributed by atoms with Gasteiger partial charge in [-0.05, 0) is 129 Å². The van der Waals surface area contributed by atoms with Crippen molar-refractivity contribution in [2.75, 3.05) is 26.9 Å². The third kappa shape index (κ3) is 8.54. The Morgan fingerprint density at radius 3 is 2.39 bits per heavy atom. The molecule has 0 saturated heterocycles. The third-order valence-corrected chi connectivity index (χ3v) is 12.4. The number of aliphatic hydroxyl groups is 2. The average molecular weight is 781 g/mol. The summed E-state index contributed by atoms with van der Waals surface area (Å²) in [5, 5.41) is 24.4. The van der Waals surface area contributed by atoms with E-state index >= 15 is 0 Å². The van der Waals surface area contributed by atoms with E-state index in [9.17, 15) is 19.4 Å². The number of fused-ring (bicyclic) bond motifs is 2. The summed E-state index contributed by atoms with van der Waals surface area (Å²) in [4.78, 5) is 22.1. The van der Waals surface area contributed by atoms with Crippen molar-refractivity contribution < 1.29 is 38.4 Å². The highest BCUT2D eigenvalue weighted by molar-refractivity contribution is 6.03. The molecule has 304 valence electrons. The molecule has 6 unspecified atom stereocenters. The summed E-state index contributed by atoms with van der Waals surface area (Å²) < 4.78 is 35.1. The van der Waals surface area contributed by atoms with Gasteiger partial charge in [-0.3, -0.25) is 4.79 Å². The van der Waals surface area contributed by atoms with Gasteiger partial charge in [-0.15, -0.1) is 6.58 Å². The van der Waals surface area contributed by atoms with Crippen molar-refractivity contribution in [1.82, 2.24) is 4.90 Å². The van der Waals surface area contributed by atoms with Gasteiger partial charge >= 0.3 is 0 Å². The van der Waals surface area contributed by atoms with E-state index in [0.717, 1.165) is 72.2 Å². The van der Waals surface area contributed by atoms with E-state index in [4.69, 9.17) is 19.0 Å². The molecule has 2 N–H and O–H groups in total. The van der Waals surface area contributed by atoms with Crippen LogP contribution in [-0.2, 0) is 20.9 Å². The van der Waals surface area contributed by atoms with Gasteiger partial charge < -0.3 is 34.2 Å². The normalized spacial score (nSPS) is 25.5. The number of rotatable bonds is 18. The zero-order valence-corrected chi connectivity index (χ0v) is 33.5. The topological polar surface area (TPSA) is 110 Å². The van der Waals surface area contributed by atoms with Crippen molar-refractivity contribution >= 4 is 11.6 Å². The Morgan fingerprint density at radius 2 is 1.70 bits per heavy atom. The number of aliphatic hydroxyl groups excluding tert-OH is 2. The molecule has 3 aromatic rings. The second-order valence-electron chi connectivity index (χ2n) is 16.2. The first-order valence-corrected chi connectivity index (χ1v) is 20.6. The monoisotopic (exact) mass is 780 g/mol. The van der Waals surface area contributed by atoms with Crippen molar-refractivity contribution in [3.63, 3.8) is 0 Å². The second-order valence-corrected chi connectivity index (χ2v) is 16.2. The third-order valence-electron chi connectivity index (χ3n) is 12.4. The van der Waals surface area contributed by atoms with Gasteiger partial charge in [0.05, 0.1) is 18.2 Å². The highest BCUT2D eigenvalue weighted by atomic mass is 19.1. The summed E-state index contributed by atoms with van der Waals surface area (Å²) in [5.74, 6) is -0.132. The highest BCUT2D eigenvalue weighted by Crippen LogP contribution is 2.62. The molecule has 1 amide bonds. The Bertz CT molecular complexity index is 1960. The van der Waals surface area contributed by atoms with E-state index in [1.807, 2.05) is 29.2 Å². The van der Waals surface area contributed by atoms with Gasteiger partial charge in [0, 0.05) is 43.6 Å².